The van der Waals surface area contributed by atoms with Crippen molar-refractivity contribution in [3.05, 3.63) is 47.9 Å². The van der Waals surface area contributed by atoms with E-state index in [2.05, 4.69) is 26.7 Å². The Kier molecular flexibility index (Phi) is 6.73. The highest BCUT2D eigenvalue weighted by Gasteiger charge is 2.39. The molecule has 1 atom stereocenters. The fourth-order valence-corrected chi connectivity index (χ4v) is 4.21. The predicted octanol–water partition coefficient (Wildman–Crippen LogP) is 3.09. The molecule has 1 fully saturated rings. The molecule has 4 N–H and O–H groups in total. The van der Waals surface area contributed by atoms with Crippen molar-refractivity contribution in [2.45, 2.75) is 64.0 Å². The fraction of sp³-hybridized carbons (Fsp3) is 0.462. The van der Waals surface area contributed by atoms with E-state index in [-0.39, 0.29) is 24.1 Å². The van der Waals surface area contributed by atoms with Crippen LogP contribution in [0.25, 0.3) is 16.9 Å². The van der Waals surface area contributed by atoms with Crippen molar-refractivity contribution in [2.75, 3.05) is 11.9 Å². The first-order chi connectivity index (χ1) is 16.9. The number of pyridine rings is 2. The number of aliphatic hydroxyl groups is 2. The number of amides is 1. The van der Waals surface area contributed by atoms with Gasteiger partial charge in [0.25, 0.3) is 5.91 Å². The molecular formula is C26H31FN6O3. The molecule has 0 unspecified atom stereocenters. The molecule has 0 bridgehead atoms. The summed E-state index contributed by atoms with van der Waals surface area (Å²) < 4.78 is 16.0. The van der Waals surface area contributed by atoms with E-state index in [1.165, 1.54) is 26.2 Å². The molecule has 0 aliphatic heterocycles. The molecule has 3 aromatic heterocycles. The van der Waals surface area contributed by atoms with Gasteiger partial charge in [0.2, 0.25) is 0 Å². The van der Waals surface area contributed by atoms with E-state index in [1.54, 1.807) is 36.7 Å². The van der Waals surface area contributed by atoms with Gasteiger partial charge in [0.05, 0.1) is 34.6 Å². The summed E-state index contributed by atoms with van der Waals surface area (Å²) in [5, 5.41) is 35.9. The second-order valence-corrected chi connectivity index (χ2v) is 10.5. The summed E-state index contributed by atoms with van der Waals surface area (Å²) in [4.78, 5) is 21.8. The maximum Gasteiger partial charge on any atom is 0.255 e. The van der Waals surface area contributed by atoms with Crippen LogP contribution in [0, 0.1) is 17.2 Å². The minimum absolute atomic E-state index is 0.0474. The van der Waals surface area contributed by atoms with Gasteiger partial charge in [0, 0.05) is 36.1 Å². The topological polar surface area (TPSA) is 136 Å². The summed E-state index contributed by atoms with van der Waals surface area (Å²) in [5.74, 6) is 0.134. The highest BCUT2D eigenvalue weighted by atomic mass is 19.1. The van der Waals surface area contributed by atoms with Crippen LogP contribution in [0.15, 0.2) is 36.8 Å². The van der Waals surface area contributed by atoms with Gasteiger partial charge in [-0.05, 0) is 58.6 Å². The number of hydrogen-bond donors (Lipinski definition) is 4. The first-order valence-electron chi connectivity index (χ1n) is 11.9. The molecule has 0 spiro atoms. The average molecular weight is 495 g/mol. The fourth-order valence-electron chi connectivity index (χ4n) is 4.21. The van der Waals surface area contributed by atoms with Crippen LogP contribution >= 0.6 is 0 Å². The minimum Gasteiger partial charge on any atom is -0.390 e. The second kappa shape index (κ2) is 9.48. The number of anilines is 1. The number of nitrogens with zero attached hydrogens (tertiary/aromatic N) is 4. The number of alkyl halides is 1. The van der Waals surface area contributed by atoms with Gasteiger partial charge in [-0.1, -0.05) is 0 Å². The zero-order valence-corrected chi connectivity index (χ0v) is 20.8. The standard InChI is InChI=1S/C26H31FN6O3/c1-25(2,35)17-8-18(9-17)32-20-10-22(33-6-5-16-7-15(11-28)12-30-23(16)33)29-13-19(20)24(34)31-14-21(27)26(3,4)36/h5-7,10,12-13,17-18,21,35-36H,8-9,14H2,1-4H3,(H,29,32)(H,31,34)/t17?,18?,21-/m1/s1. The Balaban J connectivity index is 1.63. The van der Waals surface area contributed by atoms with Gasteiger partial charge in [-0.25, -0.2) is 14.4 Å². The van der Waals surface area contributed by atoms with Crippen LogP contribution in [-0.4, -0.2) is 60.6 Å². The van der Waals surface area contributed by atoms with E-state index < -0.39 is 23.3 Å². The largest absolute Gasteiger partial charge is 0.390 e. The Morgan fingerprint density at radius 2 is 1.97 bits per heavy atom. The third-order valence-electron chi connectivity index (χ3n) is 6.74. The molecule has 36 heavy (non-hydrogen) atoms. The lowest BCUT2D eigenvalue weighted by atomic mass is 9.71. The number of fused-ring (bicyclic) bond motifs is 1. The molecule has 1 aliphatic rings. The van der Waals surface area contributed by atoms with E-state index >= 15 is 0 Å². The predicted molar refractivity (Wildman–Crippen MR) is 134 cm³/mol. The van der Waals surface area contributed by atoms with Crippen molar-refractivity contribution >= 4 is 22.6 Å². The summed E-state index contributed by atoms with van der Waals surface area (Å²) in [6.07, 6.45) is 4.53. The quantitative estimate of drug-likeness (QED) is 0.378. The van der Waals surface area contributed by atoms with Gasteiger partial charge in [0.1, 0.15) is 23.7 Å². The summed E-state index contributed by atoms with van der Waals surface area (Å²) in [5.41, 5.74) is -0.544. The Morgan fingerprint density at radius 1 is 1.25 bits per heavy atom. The molecule has 1 aliphatic carbocycles. The summed E-state index contributed by atoms with van der Waals surface area (Å²) >= 11 is 0. The molecule has 0 saturated heterocycles. The van der Waals surface area contributed by atoms with Crippen molar-refractivity contribution in [2.24, 2.45) is 5.92 Å². The van der Waals surface area contributed by atoms with E-state index in [9.17, 15) is 19.4 Å². The first kappa shape index (κ1) is 25.5. The zero-order chi connectivity index (χ0) is 26.3. The minimum atomic E-state index is -1.64. The molecule has 1 saturated carbocycles. The van der Waals surface area contributed by atoms with Gasteiger partial charge < -0.3 is 20.8 Å². The van der Waals surface area contributed by atoms with Gasteiger partial charge in [-0.3, -0.25) is 9.36 Å². The van der Waals surface area contributed by atoms with Crippen LogP contribution < -0.4 is 10.6 Å². The number of hydrogen-bond acceptors (Lipinski definition) is 7. The summed E-state index contributed by atoms with van der Waals surface area (Å²) in [6, 6.07) is 7.42. The first-order valence-corrected chi connectivity index (χ1v) is 11.9. The van der Waals surface area contributed by atoms with E-state index in [0.717, 1.165) is 18.2 Å². The number of nitrogens with one attached hydrogen (secondary N) is 2. The second-order valence-electron chi connectivity index (χ2n) is 10.5. The Morgan fingerprint density at radius 3 is 2.61 bits per heavy atom. The zero-order valence-electron chi connectivity index (χ0n) is 20.8. The maximum atomic E-state index is 14.2. The lowest BCUT2D eigenvalue weighted by molar-refractivity contribution is -0.0230. The maximum absolute atomic E-state index is 14.2. The normalized spacial score (nSPS) is 18.8. The van der Waals surface area contributed by atoms with Gasteiger partial charge in [-0.15, -0.1) is 0 Å². The van der Waals surface area contributed by atoms with Crippen LogP contribution in [0.4, 0.5) is 10.1 Å². The van der Waals surface area contributed by atoms with Gasteiger partial charge >= 0.3 is 0 Å². The number of halogens is 1. The number of carbonyl (C=O) groups excluding carboxylic acids is 1. The lowest BCUT2D eigenvalue weighted by Gasteiger charge is -2.43. The molecular weight excluding hydrogens is 463 g/mol. The van der Waals surface area contributed by atoms with Crippen molar-refractivity contribution in [1.82, 2.24) is 19.9 Å². The highest BCUT2D eigenvalue weighted by Crippen LogP contribution is 2.38. The molecule has 4 rings (SSSR count). The van der Waals surface area contributed by atoms with Crippen LogP contribution in [0.3, 0.4) is 0 Å². The van der Waals surface area contributed by atoms with Crippen LogP contribution in [-0.2, 0) is 0 Å². The molecule has 10 heteroatoms. The number of rotatable bonds is 8. The molecule has 0 aromatic carbocycles. The molecule has 0 radical (unpaired) electrons. The van der Waals surface area contributed by atoms with Crippen LogP contribution in [0.2, 0.25) is 0 Å². The Hall–Kier alpha value is -3.55. The molecule has 3 heterocycles. The number of nitriles is 1. The van der Waals surface area contributed by atoms with E-state index in [0.29, 0.717) is 22.7 Å². The number of carbonyl (C=O) groups is 1. The van der Waals surface area contributed by atoms with Crippen molar-refractivity contribution in [3.63, 3.8) is 0 Å². The van der Waals surface area contributed by atoms with E-state index in [1.807, 2.05) is 6.07 Å². The number of aromatic nitrogens is 3. The monoisotopic (exact) mass is 494 g/mol. The van der Waals surface area contributed by atoms with E-state index in [4.69, 9.17) is 5.26 Å². The Labute approximate surface area is 209 Å². The van der Waals surface area contributed by atoms with Crippen LogP contribution in [0.1, 0.15) is 56.5 Å². The molecule has 1 amide bonds. The molecule has 9 nitrogen and oxygen atoms in total. The summed E-state index contributed by atoms with van der Waals surface area (Å²) in [6.45, 7) is 5.92. The highest BCUT2D eigenvalue weighted by molar-refractivity contribution is 5.99. The lowest BCUT2D eigenvalue weighted by Crippen LogP contribution is -2.46. The average Bonchev–Trinajstić information content (AvgIpc) is 3.20. The van der Waals surface area contributed by atoms with Gasteiger partial charge in [-0.2, -0.15) is 5.26 Å². The summed E-state index contributed by atoms with van der Waals surface area (Å²) in [7, 11) is 0. The third-order valence-corrected chi connectivity index (χ3v) is 6.74. The SMILES string of the molecule is CC(C)(O)C1CC(Nc2cc(-n3ccc4cc(C#N)cnc43)ncc2C(=O)NC[C@@H](F)C(C)(C)O)C1. The Bertz CT molecular complexity index is 1310. The van der Waals surface area contributed by atoms with Crippen molar-refractivity contribution in [1.29, 1.82) is 5.26 Å². The molecule has 3 aromatic rings. The third kappa shape index (κ3) is 5.32. The smallest absolute Gasteiger partial charge is 0.255 e. The van der Waals surface area contributed by atoms with Crippen molar-refractivity contribution < 1.29 is 19.4 Å². The van der Waals surface area contributed by atoms with Crippen LogP contribution in [0.5, 0.6) is 0 Å². The van der Waals surface area contributed by atoms with Gasteiger partial charge in [0.15, 0.2) is 0 Å². The molecule has 190 valence electrons. The van der Waals surface area contributed by atoms with Crippen molar-refractivity contribution in [3.8, 4) is 11.9 Å².